The van der Waals surface area contributed by atoms with Gasteiger partial charge in [-0.1, -0.05) is 42.0 Å². The van der Waals surface area contributed by atoms with Crippen LogP contribution >= 0.6 is 0 Å². The Balaban J connectivity index is 1.93. The second-order valence-electron chi connectivity index (χ2n) is 8.88. The molecule has 3 aromatic rings. The molecule has 4 rings (SSSR count). The van der Waals surface area contributed by atoms with Gasteiger partial charge >= 0.3 is 0 Å². The van der Waals surface area contributed by atoms with Gasteiger partial charge in [0.05, 0.1) is 24.8 Å². The molecule has 1 atom stereocenters. The topological polar surface area (TPSA) is 76.1 Å². The van der Waals surface area contributed by atoms with Crippen LogP contribution in [-0.2, 0) is 9.59 Å². The molecule has 0 aliphatic carbocycles. The number of ketones is 1. The van der Waals surface area contributed by atoms with Gasteiger partial charge in [0.2, 0.25) is 0 Å². The lowest BCUT2D eigenvalue weighted by atomic mass is 9.93. The number of ether oxygens (including phenoxy) is 2. The first-order valence-electron chi connectivity index (χ1n) is 12.1. The molecule has 1 fully saturated rings. The molecule has 1 unspecified atom stereocenters. The summed E-state index contributed by atoms with van der Waals surface area (Å²) < 4.78 is 11.4. The van der Waals surface area contributed by atoms with Gasteiger partial charge in [0.1, 0.15) is 5.76 Å². The van der Waals surface area contributed by atoms with Crippen molar-refractivity contribution in [2.45, 2.75) is 40.7 Å². The Kier molecular flexibility index (Phi) is 7.15. The lowest BCUT2D eigenvalue weighted by Crippen LogP contribution is -2.29. The second-order valence-corrected chi connectivity index (χ2v) is 8.88. The number of aliphatic hydroxyl groups excluding tert-OH is 1. The minimum absolute atomic E-state index is 0.0562. The van der Waals surface area contributed by atoms with Crippen molar-refractivity contribution in [1.29, 1.82) is 0 Å². The quantitative estimate of drug-likeness (QED) is 0.251. The van der Waals surface area contributed by atoms with Gasteiger partial charge in [-0.05, 0) is 69.5 Å². The molecule has 0 saturated carbocycles. The summed E-state index contributed by atoms with van der Waals surface area (Å²) in [4.78, 5) is 28.4. The molecule has 6 heteroatoms. The first-order chi connectivity index (χ1) is 17.3. The van der Waals surface area contributed by atoms with E-state index in [1.807, 2.05) is 71.0 Å². The maximum absolute atomic E-state index is 13.5. The minimum Gasteiger partial charge on any atom is -0.507 e. The molecular formula is C30H31NO5. The Morgan fingerprint density at radius 3 is 2.25 bits per heavy atom. The van der Waals surface area contributed by atoms with Crippen molar-refractivity contribution in [2.24, 2.45) is 0 Å². The lowest BCUT2D eigenvalue weighted by Gasteiger charge is -2.26. The van der Waals surface area contributed by atoms with Crippen LogP contribution in [0.25, 0.3) is 5.76 Å². The smallest absolute Gasteiger partial charge is 0.300 e. The summed E-state index contributed by atoms with van der Waals surface area (Å²) in [6.07, 6.45) is 0. The van der Waals surface area contributed by atoms with Crippen LogP contribution in [-0.4, -0.2) is 30.0 Å². The van der Waals surface area contributed by atoms with E-state index in [-0.39, 0.29) is 11.3 Å². The van der Waals surface area contributed by atoms with E-state index in [1.165, 1.54) is 4.90 Å². The predicted molar refractivity (Wildman–Crippen MR) is 141 cm³/mol. The average Bonchev–Trinajstić information content (AvgIpc) is 3.12. The molecule has 0 bridgehead atoms. The zero-order valence-electron chi connectivity index (χ0n) is 21.3. The lowest BCUT2D eigenvalue weighted by molar-refractivity contribution is -0.132. The average molecular weight is 486 g/mol. The first-order valence-corrected chi connectivity index (χ1v) is 12.1. The highest BCUT2D eigenvalue weighted by molar-refractivity contribution is 6.51. The summed E-state index contributed by atoms with van der Waals surface area (Å²) in [5.74, 6) is -0.596. The van der Waals surface area contributed by atoms with Crippen LogP contribution < -0.4 is 14.4 Å². The van der Waals surface area contributed by atoms with Crippen LogP contribution in [0.15, 0.2) is 66.2 Å². The summed E-state index contributed by atoms with van der Waals surface area (Å²) in [6, 6.07) is 17.5. The van der Waals surface area contributed by atoms with Gasteiger partial charge in [0.15, 0.2) is 11.5 Å². The largest absolute Gasteiger partial charge is 0.507 e. The van der Waals surface area contributed by atoms with E-state index in [9.17, 15) is 14.7 Å². The minimum atomic E-state index is -0.807. The van der Waals surface area contributed by atoms with Crippen molar-refractivity contribution in [3.8, 4) is 11.5 Å². The fourth-order valence-electron chi connectivity index (χ4n) is 4.49. The number of anilines is 1. The molecule has 3 aromatic carbocycles. The van der Waals surface area contributed by atoms with Crippen molar-refractivity contribution in [2.75, 3.05) is 18.1 Å². The maximum atomic E-state index is 13.5. The highest BCUT2D eigenvalue weighted by atomic mass is 16.5. The molecule has 186 valence electrons. The number of aryl methyl sites for hydroxylation is 3. The fraction of sp³-hybridized carbons (Fsp3) is 0.267. The third kappa shape index (κ3) is 4.59. The Morgan fingerprint density at radius 2 is 1.58 bits per heavy atom. The Hall–Kier alpha value is -4.06. The fourth-order valence-corrected chi connectivity index (χ4v) is 4.49. The molecule has 36 heavy (non-hydrogen) atoms. The highest BCUT2D eigenvalue weighted by Gasteiger charge is 2.47. The molecule has 1 saturated heterocycles. The number of Topliss-reactive ketones (excluding diaryl/α,β-unsaturated/α-hetero) is 1. The zero-order valence-corrected chi connectivity index (χ0v) is 21.3. The number of hydrogen-bond donors (Lipinski definition) is 1. The van der Waals surface area contributed by atoms with Gasteiger partial charge in [-0.25, -0.2) is 0 Å². The van der Waals surface area contributed by atoms with E-state index in [0.717, 1.165) is 22.3 Å². The van der Waals surface area contributed by atoms with E-state index in [4.69, 9.17) is 9.47 Å². The molecule has 1 N–H and O–H groups in total. The third-order valence-electron chi connectivity index (χ3n) is 6.39. The number of aliphatic hydroxyl groups is 1. The number of hydrogen-bond acceptors (Lipinski definition) is 5. The van der Waals surface area contributed by atoms with Crippen LogP contribution in [0, 0.1) is 20.8 Å². The highest BCUT2D eigenvalue weighted by Crippen LogP contribution is 2.44. The Bertz CT molecular complexity index is 1360. The predicted octanol–water partition coefficient (Wildman–Crippen LogP) is 6.04. The Morgan fingerprint density at radius 1 is 0.861 bits per heavy atom. The van der Waals surface area contributed by atoms with Gasteiger partial charge in [0, 0.05) is 17.3 Å². The normalized spacial score (nSPS) is 16.9. The molecule has 1 aliphatic rings. The molecule has 1 amide bonds. The molecular weight excluding hydrogens is 454 g/mol. The zero-order chi connectivity index (χ0) is 26.0. The van der Waals surface area contributed by atoms with E-state index < -0.39 is 17.7 Å². The van der Waals surface area contributed by atoms with Crippen molar-refractivity contribution in [1.82, 2.24) is 0 Å². The van der Waals surface area contributed by atoms with Crippen LogP contribution in [0.3, 0.4) is 0 Å². The molecule has 0 aromatic heterocycles. The van der Waals surface area contributed by atoms with Crippen LogP contribution in [0.5, 0.6) is 11.5 Å². The van der Waals surface area contributed by atoms with Crippen LogP contribution in [0.2, 0.25) is 0 Å². The van der Waals surface area contributed by atoms with Gasteiger partial charge in [-0.3, -0.25) is 14.5 Å². The SMILES string of the molecule is CCOc1ccc(N2C(=O)C(=O)/C(=C(/O)c3ccc(C)c(C)c3)C2c2cccc(C)c2)cc1OCC. The standard InChI is InChI=1S/C30H31NO5/c1-6-35-24-14-13-23(17-25(24)36-7-2)31-27(21-10-8-9-18(3)15-21)26(29(33)30(31)34)28(32)22-12-11-19(4)20(5)16-22/h8-17,27,32H,6-7H2,1-5H3/b28-26+. The summed E-state index contributed by atoms with van der Waals surface area (Å²) >= 11 is 0. The van der Waals surface area contributed by atoms with Crippen LogP contribution in [0.4, 0.5) is 5.69 Å². The molecule has 1 heterocycles. The van der Waals surface area contributed by atoms with Gasteiger partial charge in [-0.15, -0.1) is 0 Å². The summed E-state index contributed by atoms with van der Waals surface area (Å²) in [6.45, 7) is 10.5. The number of amides is 1. The molecule has 0 radical (unpaired) electrons. The summed E-state index contributed by atoms with van der Waals surface area (Å²) in [5, 5.41) is 11.4. The van der Waals surface area contributed by atoms with Crippen molar-refractivity contribution < 1.29 is 24.2 Å². The maximum Gasteiger partial charge on any atom is 0.300 e. The molecule has 6 nitrogen and oxygen atoms in total. The van der Waals surface area contributed by atoms with E-state index in [2.05, 4.69) is 0 Å². The summed E-state index contributed by atoms with van der Waals surface area (Å²) in [5.41, 5.74) is 4.79. The van der Waals surface area contributed by atoms with Gasteiger partial charge in [-0.2, -0.15) is 0 Å². The van der Waals surface area contributed by atoms with Gasteiger partial charge < -0.3 is 14.6 Å². The van der Waals surface area contributed by atoms with Crippen molar-refractivity contribution in [3.63, 3.8) is 0 Å². The number of nitrogens with zero attached hydrogens (tertiary/aromatic N) is 1. The molecule has 0 spiro atoms. The van der Waals surface area contributed by atoms with Crippen molar-refractivity contribution in [3.05, 3.63) is 94.1 Å². The monoisotopic (exact) mass is 485 g/mol. The van der Waals surface area contributed by atoms with Gasteiger partial charge in [0.25, 0.3) is 11.7 Å². The number of rotatable bonds is 7. The third-order valence-corrected chi connectivity index (χ3v) is 6.39. The number of benzene rings is 3. The first kappa shape index (κ1) is 25.0. The van der Waals surface area contributed by atoms with E-state index in [0.29, 0.717) is 36.0 Å². The number of carbonyl (C=O) groups excluding carboxylic acids is 2. The summed E-state index contributed by atoms with van der Waals surface area (Å²) in [7, 11) is 0. The van der Waals surface area contributed by atoms with E-state index in [1.54, 1.807) is 24.3 Å². The molecule has 1 aliphatic heterocycles. The van der Waals surface area contributed by atoms with Crippen molar-refractivity contribution >= 4 is 23.1 Å². The number of carbonyl (C=O) groups is 2. The van der Waals surface area contributed by atoms with Crippen LogP contribution in [0.1, 0.15) is 47.7 Å². The van der Waals surface area contributed by atoms with E-state index >= 15 is 0 Å². The second kappa shape index (κ2) is 10.3. The Labute approximate surface area is 211 Å².